The summed E-state index contributed by atoms with van der Waals surface area (Å²) in [6.07, 6.45) is 2.75. The third kappa shape index (κ3) is 5.11. The molecule has 0 saturated carbocycles. The van der Waals surface area contributed by atoms with E-state index in [0.29, 0.717) is 0 Å². The molecule has 0 aliphatic heterocycles. The van der Waals surface area contributed by atoms with Crippen LogP contribution in [0.25, 0.3) is 22.3 Å². The highest BCUT2D eigenvalue weighted by Gasteiger charge is 2.31. The summed E-state index contributed by atoms with van der Waals surface area (Å²) >= 11 is 0. The average Bonchev–Trinajstić information content (AvgIpc) is 2.98. The second-order valence-electron chi connectivity index (χ2n) is 8.59. The fraction of sp³-hybridized carbons (Fsp3) is 0. The Balaban J connectivity index is 1.77. The largest absolute Gasteiger partial charge is 0.508 e. The number of carbonyl (C=O) groups excluding carboxylic acids is 2. The zero-order valence-corrected chi connectivity index (χ0v) is 20.7. The van der Waals surface area contributed by atoms with Crippen LogP contribution in [0.5, 0.6) is 34.5 Å². The van der Waals surface area contributed by atoms with Crippen molar-refractivity contribution in [2.45, 2.75) is 0 Å². The number of benzene rings is 4. The zero-order valence-electron chi connectivity index (χ0n) is 20.7. The number of aromatic nitrogens is 1. The van der Waals surface area contributed by atoms with Gasteiger partial charge in [-0.05, 0) is 59.7 Å². The highest BCUT2D eigenvalue weighted by molar-refractivity contribution is 6.00. The van der Waals surface area contributed by atoms with Gasteiger partial charge >= 0.3 is 11.9 Å². The molecule has 5 rings (SSSR count). The van der Waals surface area contributed by atoms with Gasteiger partial charge in [0.05, 0.1) is 22.3 Å². The lowest BCUT2D eigenvalue weighted by molar-refractivity contribution is 0.0713. The Morgan fingerprint density at radius 1 is 0.550 bits per heavy atom. The molecule has 4 N–H and O–H groups in total. The molecule has 0 unspecified atom stereocenters. The molecule has 9 nitrogen and oxygen atoms in total. The third-order valence-electron chi connectivity index (χ3n) is 5.97. The smallest absolute Gasteiger partial charge is 0.345 e. The lowest BCUT2D eigenvalue weighted by Gasteiger charge is -2.21. The quantitative estimate of drug-likeness (QED) is 0.123. The monoisotopic (exact) mass is 535 g/mol. The van der Waals surface area contributed by atoms with Crippen molar-refractivity contribution >= 4 is 11.9 Å². The molecule has 0 atom stereocenters. The number of hydrogen-bond acceptors (Lipinski definition) is 9. The number of hydrogen-bond donors (Lipinski definition) is 4. The van der Waals surface area contributed by atoms with Crippen molar-refractivity contribution in [2.75, 3.05) is 0 Å². The van der Waals surface area contributed by atoms with E-state index in [1.54, 1.807) is 18.2 Å². The van der Waals surface area contributed by atoms with Gasteiger partial charge in [0.15, 0.2) is 23.0 Å². The first-order valence-corrected chi connectivity index (χ1v) is 11.9. The van der Waals surface area contributed by atoms with Gasteiger partial charge in [0.1, 0.15) is 11.5 Å². The summed E-state index contributed by atoms with van der Waals surface area (Å²) in [6, 6.07) is 22.1. The van der Waals surface area contributed by atoms with Gasteiger partial charge in [0.2, 0.25) is 0 Å². The molecule has 4 aromatic carbocycles. The molecule has 1 aromatic heterocycles. The molecule has 1 heterocycles. The van der Waals surface area contributed by atoms with Crippen LogP contribution >= 0.6 is 0 Å². The van der Waals surface area contributed by atoms with Crippen LogP contribution in [0.3, 0.4) is 0 Å². The molecule has 0 bridgehead atoms. The van der Waals surface area contributed by atoms with Crippen molar-refractivity contribution in [3.05, 3.63) is 115 Å². The van der Waals surface area contributed by atoms with E-state index in [1.807, 2.05) is 0 Å². The Morgan fingerprint density at radius 3 is 1.45 bits per heavy atom. The van der Waals surface area contributed by atoms with Gasteiger partial charge in [0.25, 0.3) is 0 Å². The van der Waals surface area contributed by atoms with E-state index < -0.39 is 34.9 Å². The van der Waals surface area contributed by atoms with Crippen molar-refractivity contribution in [1.82, 2.24) is 4.98 Å². The number of pyridine rings is 1. The summed E-state index contributed by atoms with van der Waals surface area (Å²) in [5, 5.41) is 42.8. The number of phenolic OH excluding ortho intramolecular Hbond substituents is 4. The van der Waals surface area contributed by atoms with Gasteiger partial charge in [0, 0.05) is 12.4 Å². The maximum atomic E-state index is 13.1. The maximum Gasteiger partial charge on any atom is 0.345 e. The van der Waals surface area contributed by atoms with Crippen molar-refractivity contribution in [3.8, 4) is 56.8 Å². The fourth-order valence-corrected chi connectivity index (χ4v) is 4.03. The SMILES string of the molecule is O=C(Oc1c(O)c(-c2ccc(O)cc2)c(OC(=O)c2cccnc2)c(O)c1-c1ccc(O)cc1)c1ccccc1. The van der Waals surface area contributed by atoms with Crippen LogP contribution in [0, 0.1) is 0 Å². The number of aromatic hydroxyl groups is 4. The standard InChI is InChI=1S/C31H21NO8/c33-22-12-8-18(9-13-22)24-27(36)29(40-31(38)21-7-4-16-32-17-21)25(19-10-14-23(34)15-11-19)26(35)28(24)39-30(37)20-5-2-1-3-6-20/h1-17,33-36H. The van der Waals surface area contributed by atoms with E-state index in [4.69, 9.17) is 9.47 Å². The van der Waals surface area contributed by atoms with Crippen molar-refractivity contribution < 1.29 is 39.5 Å². The second-order valence-corrected chi connectivity index (χ2v) is 8.59. The van der Waals surface area contributed by atoms with Crippen LogP contribution < -0.4 is 9.47 Å². The maximum absolute atomic E-state index is 13.1. The zero-order chi connectivity index (χ0) is 28.2. The van der Waals surface area contributed by atoms with E-state index in [9.17, 15) is 30.0 Å². The summed E-state index contributed by atoms with van der Waals surface area (Å²) in [5.41, 5.74) is 0.373. The average molecular weight is 536 g/mol. The van der Waals surface area contributed by atoms with Gasteiger partial charge in [-0.15, -0.1) is 0 Å². The molecule has 0 aliphatic rings. The number of carbonyl (C=O) groups is 2. The predicted octanol–water partition coefficient (Wildman–Crippen LogP) is 5.68. The van der Waals surface area contributed by atoms with E-state index in [-0.39, 0.29) is 44.9 Å². The first kappa shape index (κ1) is 25.8. The number of esters is 2. The van der Waals surface area contributed by atoms with Gasteiger partial charge in [-0.1, -0.05) is 42.5 Å². The minimum Gasteiger partial charge on any atom is -0.508 e. The minimum absolute atomic E-state index is 0.0702. The van der Waals surface area contributed by atoms with Crippen LogP contribution in [0.4, 0.5) is 0 Å². The minimum atomic E-state index is -0.881. The van der Waals surface area contributed by atoms with Gasteiger partial charge in [-0.3, -0.25) is 4.98 Å². The Kier molecular flexibility index (Phi) is 7.02. The van der Waals surface area contributed by atoms with Crippen LogP contribution in [0.1, 0.15) is 20.7 Å². The van der Waals surface area contributed by atoms with Crippen LogP contribution in [-0.4, -0.2) is 37.3 Å². The van der Waals surface area contributed by atoms with Gasteiger partial charge in [-0.2, -0.15) is 0 Å². The Bertz CT molecular complexity index is 1560. The Labute approximate surface area is 227 Å². The second kappa shape index (κ2) is 10.9. The lowest BCUT2D eigenvalue weighted by Crippen LogP contribution is -2.12. The first-order chi connectivity index (χ1) is 19.3. The van der Waals surface area contributed by atoms with E-state index in [2.05, 4.69) is 4.98 Å². The summed E-state index contributed by atoms with van der Waals surface area (Å²) in [6.45, 7) is 0. The molecule has 5 aromatic rings. The van der Waals surface area contributed by atoms with Crippen LogP contribution in [0.15, 0.2) is 103 Å². The van der Waals surface area contributed by atoms with Crippen molar-refractivity contribution in [3.63, 3.8) is 0 Å². The highest BCUT2D eigenvalue weighted by atomic mass is 16.6. The molecule has 0 saturated heterocycles. The fourth-order valence-electron chi connectivity index (χ4n) is 4.03. The molecule has 0 spiro atoms. The van der Waals surface area contributed by atoms with Gasteiger partial charge in [-0.25, -0.2) is 9.59 Å². The molecular weight excluding hydrogens is 514 g/mol. The number of phenols is 4. The summed E-state index contributed by atoms with van der Waals surface area (Å²) < 4.78 is 11.3. The molecule has 0 radical (unpaired) electrons. The Morgan fingerprint density at radius 2 is 1.00 bits per heavy atom. The van der Waals surface area contributed by atoms with E-state index in [0.717, 1.165) is 0 Å². The number of ether oxygens (including phenoxy) is 2. The lowest BCUT2D eigenvalue weighted by atomic mass is 9.95. The Hall–Kier alpha value is -5.83. The van der Waals surface area contributed by atoms with Crippen LogP contribution in [-0.2, 0) is 0 Å². The molecule has 0 amide bonds. The first-order valence-electron chi connectivity index (χ1n) is 11.9. The van der Waals surface area contributed by atoms with Crippen LogP contribution in [0.2, 0.25) is 0 Å². The molecule has 0 aliphatic carbocycles. The molecule has 40 heavy (non-hydrogen) atoms. The predicted molar refractivity (Wildman–Crippen MR) is 145 cm³/mol. The topological polar surface area (TPSA) is 146 Å². The van der Waals surface area contributed by atoms with Gasteiger partial charge < -0.3 is 29.9 Å². The van der Waals surface area contributed by atoms with E-state index >= 15 is 0 Å². The number of rotatable bonds is 6. The molecular formula is C31H21NO8. The molecule has 198 valence electrons. The van der Waals surface area contributed by atoms with E-state index in [1.165, 1.54) is 85.2 Å². The van der Waals surface area contributed by atoms with Crippen molar-refractivity contribution in [1.29, 1.82) is 0 Å². The highest BCUT2D eigenvalue weighted by Crippen LogP contribution is 2.56. The molecule has 0 fully saturated rings. The normalized spacial score (nSPS) is 10.6. The number of nitrogens with zero attached hydrogens (tertiary/aromatic N) is 1. The third-order valence-corrected chi connectivity index (χ3v) is 5.97. The summed E-state index contributed by atoms with van der Waals surface area (Å²) in [4.78, 5) is 30.0. The molecule has 9 heteroatoms. The summed E-state index contributed by atoms with van der Waals surface area (Å²) in [5.74, 6) is -3.94. The van der Waals surface area contributed by atoms with Crippen molar-refractivity contribution in [2.24, 2.45) is 0 Å². The summed E-state index contributed by atoms with van der Waals surface area (Å²) in [7, 11) is 0.